The predicted octanol–water partition coefficient (Wildman–Crippen LogP) is 5.91. The molecule has 1 aliphatic rings. The number of hydrogen-bond donors (Lipinski definition) is 1. The fourth-order valence-electron chi connectivity index (χ4n) is 4.66. The van der Waals surface area contributed by atoms with Crippen LogP contribution >= 0.6 is 0 Å². The number of rotatable bonds is 6. The summed E-state index contributed by atoms with van der Waals surface area (Å²) in [6.07, 6.45) is -4.20. The van der Waals surface area contributed by atoms with E-state index in [-0.39, 0.29) is 5.43 Å². The standard InChI is InChI=1S/C26H28F3NO4.C2H6/c1-23(2,18-7-6-8-19(15-18)24(3)33-13-14-34-24)16-25(32,26(27,28)29)17-30-12-11-22(31)20-9-4-5-10-21(20)30;1-2/h4-12,15,32H,13-14,16-17H2,1-3H3;1-2H3. The minimum atomic E-state index is -4.91. The van der Waals surface area contributed by atoms with Crippen LogP contribution in [0.4, 0.5) is 13.2 Å². The molecular weight excluding hydrogens is 471 g/mol. The second-order valence-electron chi connectivity index (χ2n) is 9.64. The number of aromatic nitrogens is 1. The molecule has 4 rings (SSSR count). The van der Waals surface area contributed by atoms with Crippen molar-refractivity contribution in [2.45, 2.75) is 70.6 Å². The van der Waals surface area contributed by atoms with Crippen molar-refractivity contribution in [2.75, 3.05) is 13.2 Å². The van der Waals surface area contributed by atoms with E-state index < -0.39 is 35.9 Å². The second kappa shape index (κ2) is 10.4. The van der Waals surface area contributed by atoms with Crippen LogP contribution in [0.3, 0.4) is 0 Å². The van der Waals surface area contributed by atoms with E-state index >= 15 is 0 Å². The first-order valence-electron chi connectivity index (χ1n) is 12.1. The van der Waals surface area contributed by atoms with Crippen LogP contribution in [0.15, 0.2) is 65.6 Å². The average molecular weight is 506 g/mol. The largest absolute Gasteiger partial charge is 0.418 e. The maximum atomic E-state index is 14.3. The highest BCUT2D eigenvalue weighted by Crippen LogP contribution is 2.43. The van der Waals surface area contributed by atoms with E-state index in [1.54, 1.807) is 63.2 Å². The third-order valence-electron chi connectivity index (χ3n) is 6.59. The number of halogens is 3. The molecule has 0 spiro atoms. The van der Waals surface area contributed by atoms with E-state index in [1.807, 2.05) is 19.9 Å². The van der Waals surface area contributed by atoms with Gasteiger partial charge in [-0.2, -0.15) is 13.2 Å². The number of nitrogens with zero attached hydrogens (tertiary/aromatic N) is 1. The summed E-state index contributed by atoms with van der Waals surface area (Å²) in [5.41, 5.74) is -2.72. The molecule has 1 unspecified atom stereocenters. The molecule has 2 aromatic carbocycles. The molecule has 5 nitrogen and oxygen atoms in total. The smallest absolute Gasteiger partial charge is 0.379 e. The number of hydrogen-bond acceptors (Lipinski definition) is 4. The molecule has 0 bridgehead atoms. The van der Waals surface area contributed by atoms with E-state index in [0.29, 0.717) is 35.2 Å². The van der Waals surface area contributed by atoms with Crippen LogP contribution in [0.1, 0.15) is 52.2 Å². The molecule has 196 valence electrons. The first-order chi connectivity index (χ1) is 16.8. The van der Waals surface area contributed by atoms with E-state index in [9.17, 15) is 23.1 Å². The van der Waals surface area contributed by atoms with Gasteiger partial charge < -0.3 is 19.1 Å². The second-order valence-corrected chi connectivity index (χ2v) is 9.64. The molecule has 8 heteroatoms. The highest BCUT2D eigenvalue weighted by atomic mass is 19.4. The first kappa shape index (κ1) is 27.9. The van der Waals surface area contributed by atoms with Gasteiger partial charge >= 0.3 is 6.18 Å². The Labute approximate surface area is 209 Å². The van der Waals surface area contributed by atoms with Gasteiger partial charge in [0.05, 0.1) is 25.3 Å². The minimum Gasteiger partial charge on any atom is -0.379 e. The van der Waals surface area contributed by atoms with E-state index in [0.717, 1.165) is 0 Å². The van der Waals surface area contributed by atoms with Crippen LogP contribution in [-0.2, 0) is 27.2 Å². The Morgan fingerprint density at radius 2 is 1.64 bits per heavy atom. The topological polar surface area (TPSA) is 60.7 Å². The number of pyridine rings is 1. The Balaban J connectivity index is 0.00000176. The zero-order valence-electron chi connectivity index (χ0n) is 21.4. The Kier molecular flexibility index (Phi) is 8.03. The summed E-state index contributed by atoms with van der Waals surface area (Å²) in [4.78, 5) is 12.2. The Hall–Kier alpha value is -2.68. The van der Waals surface area contributed by atoms with Crippen molar-refractivity contribution in [3.63, 3.8) is 0 Å². The van der Waals surface area contributed by atoms with E-state index in [1.165, 1.54) is 16.8 Å². The van der Waals surface area contributed by atoms with Crippen LogP contribution in [0.5, 0.6) is 0 Å². The van der Waals surface area contributed by atoms with E-state index in [4.69, 9.17) is 9.47 Å². The molecule has 1 fully saturated rings. The van der Waals surface area contributed by atoms with Gasteiger partial charge in [-0.1, -0.05) is 58.0 Å². The lowest BCUT2D eigenvalue weighted by Crippen LogP contribution is -2.52. The molecule has 1 atom stereocenters. The Morgan fingerprint density at radius 1 is 1.00 bits per heavy atom. The molecule has 0 aliphatic carbocycles. The quantitative estimate of drug-likeness (QED) is 0.453. The molecule has 0 saturated carbocycles. The highest BCUT2D eigenvalue weighted by molar-refractivity contribution is 5.78. The van der Waals surface area contributed by atoms with Crippen molar-refractivity contribution in [1.82, 2.24) is 4.57 Å². The molecule has 36 heavy (non-hydrogen) atoms. The van der Waals surface area contributed by atoms with Crippen LogP contribution in [-0.4, -0.2) is 34.7 Å². The molecule has 0 radical (unpaired) electrons. The highest BCUT2D eigenvalue weighted by Gasteiger charge is 2.56. The fourth-order valence-corrected chi connectivity index (χ4v) is 4.66. The van der Waals surface area contributed by atoms with Gasteiger partial charge in [-0.3, -0.25) is 4.79 Å². The van der Waals surface area contributed by atoms with Gasteiger partial charge in [0.1, 0.15) is 0 Å². The number of para-hydroxylation sites is 1. The predicted molar refractivity (Wildman–Crippen MR) is 134 cm³/mol. The first-order valence-corrected chi connectivity index (χ1v) is 12.1. The van der Waals surface area contributed by atoms with Gasteiger partial charge in [0.25, 0.3) is 0 Å². The lowest BCUT2D eigenvalue weighted by Gasteiger charge is -2.39. The average Bonchev–Trinajstić information content (AvgIpc) is 3.29. The lowest BCUT2D eigenvalue weighted by molar-refractivity contribution is -0.271. The van der Waals surface area contributed by atoms with Gasteiger partial charge in [-0.05, 0) is 42.5 Å². The van der Waals surface area contributed by atoms with Crippen molar-refractivity contribution in [2.24, 2.45) is 0 Å². The van der Waals surface area contributed by atoms with Crippen LogP contribution < -0.4 is 5.43 Å². The molecular formula is C28H34F3NO4. The van der Waals surface area contributed by atoms with Gasteiger partial charge in [0, 0.05) is 23.2 Å². The number of fused-ring (bicyclic) bond motifs is 1. The molecule has 1 aliphatic heterocycles. The fraction of sp³-hybridized carbons (Fsp3) is 0.464. The SMILES string of the molecule is CC.CC(C)(CC(O)(Cn1ccc(=O)c2ccccc21)C(F)(F)F)c1cccc(C2(C)OCCO2)c1. The maximum absolute atomic E-state index is 14.3. The lowest BCUT2D eigenvalue weighted by atomic mass is 9.74. The van der Waals surface area contributed by atoms with Gasteiger partial charge in [0.15, 0.2) is 16.8 Å². The Bertz CT molecular complexity index is 1250. The zero-order valence-corrected chi connectivity index (χ0v) is 21.4. The van der Waals surface area contributed by atoms with Crippen molar-refractivity contribution < 1.29 is 27.8 Å². The summed E-state index contributed by atoms with van der Waals surface area (Å²) in [6, 6.07) is 14.7. The zero-order chi connectivity index (χ0) is 26.8. The third-order valence-corrected chi connectivity index (χ3v) is 6.59. The molecule has 1 saturated heterocycles. The minimum absolute atomic E-state index is 0.288. The van der Waals surface area contributed by atoms with Crippen LogP contribution in [0, 0.1) is 0 Å². The van der Waals surface area contributed by atoms with Crippen LogP contribution in [0.2, 0.25) is 0 Å². The van der Waals surface area contributed by atoms with Crippen molar-refractivity contribution >= 4 is 10.9 Å². The summed E-state index contributed by atoms with van der Waals surface area (Å²) in [5.74, 6) is -0.957. The van der Waals surface area contributed by atoms with Gasteiger partial charge in [-0.25, -0.2) is 0 Å². The summed E-state index contributed by atoms with van der Waals surface area (Å²) in [7, 11) is 0. The number of aliphatic hydroxyl groups is 1. The molecule has 2 heterocycles. The monoisotopic (exact) mass is 505 g/mol. The Morgan fingerprint density at radius 3 is 2.28 bits per heavy atom. The van der Waals surface area contributed by atoms with Gasteiger partial charge in [-0.15, -0.1) is 0 Å². The summed E-state index contributed by atoms with van der Waals surface area (Å²) in [5, 5.41) is 11.4. The number of alkyl halides is 3. The molecule has 0 amide bonds. The molecule has 3 aromatic rings. The number of benzene rings is 2. The van der Waals surface area contributed by atoms with Crippen LogP contribution in [0.25, 0.3) is 10.9 Å². The number of ether oxygens (including phenoxy) is 2. The maximum Gasteiger partial charge on any atom is 0.418 e. The summed E-state index contributed by atoms with van der Waals surface area (Å²) >= 11 is 0. The van der Waals surface area contributed by atoms with Crippen molar-refractivity contribution in [3.8, 4) is 0 Å². The summed E-state index contributed by atoms with van der Waals surface area (Å²) < 4.78 is 55.7. The molecule has 1 N–H and O–H groups in total. The van der Waals surface area contributed by atoms with E-state index in [2.05, 4.69) is 0 Å². The normalized spacial score (nSPS) is 17.4. The van der Waals surface area contributed by atoms with Crippen molar-refractivity contribution in [3.05, 3.63) is 82.1 Å². The molecule has 1 aromatic heterocycles. The third kappa shape index (κ3) is 5.51. The summed E-state index contributed by atoms with van der Waals surface area (Å²) in [6.45, 7) is 9.25. The van der Waals surface area contributed by atoms with Gasteiger partial charge in [0.2, 0.25) is 0 Å². The van der Waals surface area contributed by atoms with Crippen molar-refractivity contribution in [1.29, 1.82) is 0 Å².